The third-order valence-corrected chi connectivity index (χ3v) is 15.1. The van der Waals surface area contributed by atoms with Gasteiger partial charge in [0.15, 0.2) is 0 Å². The van der Waals surface area contributed by atoms with E-state index in [1.165, 1.54) is 110 Å². The smallest absolute Gasteiger partial charge is 0.0547 e. The van der Waals surface area contributed by atoms with Gasteiger partial charge in [0.2, 0.25) is 0 Å². The first-order chi connectivity index (χ1) is 35.8. The Morgan fingerprint density at radius 1 is 0.306 bits per heavy atom. The second-order valence-electron chi connectivity index (χ2n) is 18.9. The highest BCUT2D eigenvalue weighted by molar-refractivity contribution is 6.33. The van der Waals surface area contributed by atoms with Crippen LogP contribution in [0.3, 0.4) is 0 Å². The van der Waals surface area contributed by atoms with Gasteiger partial charge in [0.05, 0.1) is 34.1 Å². The van der Waals surface area contributed by atoms with E-state index in [1.807, 2.05) is 13.8 Å². The van der Waals surface area contributed by atoms with Crippen LogP contribution in [0.25, 0.3) is 88.3 Å². The summed E-state index contributed by atoms with van der Waals surface area (Å²) in [5.41, 5.74) is 17.2. The fraction of sp³-hybridized carbons (Fsp3) is 0.0857. The first-order valence-electron chi connectivity index (χ1n) is 25.8. The molecule has 0 fully saturated rings. The highest BCUT2D eigenvalue weighted by atomic mass is 15.2. The van der Waals surface area contributed by atoms with Crippen molar-refractivity contribution in [2.45, 2.75) is 39.5 Å². The number of hydrogen-bond donors (Lipinski definition) is 0. The molecule has 12 aromatic rings. The van der Waals surface area contributed by atoms with E-state index in [2.05, 4.69) is 252 Å². The summed E-state index contributed by atoms with van der Waals surface area (Å²) in [6, 6.07) is 81.8. The van der Waals surface area contributed by atoms with Crippen molar-refractivity contribution < 1.29 is 0 Å². The number of hydrogen-bond acceptors (Lipinski definition) is 2. The molecule has 0 unspecified atom stereocenters. The molecule has 0 spiro atoms. The molecule has 0 N–H and O–H groups in total. The van der Waals surface area contributed by atoms with E-state index >= 15 is 0 Å². The number of rotatable bonds is 8. The van der Waals surface area contributed by atoms with Gasteiger partial charge < -0.3 is 9.80 Å². The zero-order valence-corrected chi connectivity index (χ0v) is 40.8. The topological polar surface area (TPSA) is 6.48 Å². The Hall–Kier alpha value is -8.72. The third-order valence-electron chi connectivity index (χ3n) is 15.1. The highest BCUT2D eigenvalue weighted by Gasteiger charge is 2.29. The maximum atomic E-state index is 2.58. The van der Waals surface area contributed by atoms with Crippen molar-refractivity contribution in [2.24, 2.45) is 0 Å². The Balaban J connectivity index is 0.00000249. The van der Waals surface area contributed by atoms with Crippen molar-refractivity contribution in [3.63, 3.8) is 0 Å². The second kappa shape index (κ2) is 18.2. The van der Waals surface area contributed by atoms with Gasteiger partial charge >= 0.3 is 0 Å². The molecule has 0 radical (unpaired) electrons. The molecule has 0 bridgehead atoms. The molecular weight excluding hydrogens is 869 g/mol. The summed E-state index contributed by atoms with van der Waals surface area (Å²) in [5.74, 6) is 0. The summed E-state index contributed by atoms with van der Waals surface area (Å²) in [7, 11) is 0. The van der Waals surface area contributed by atoms with Crippen LogP contribution in [0.5, 0.6) is 0 Å². The highest BCUT2D eigenvalue weighted by Crippen LogP contribution is 2.54. The lowest BCUT2D eigenvalue weighted by molar-refractivity contribution is 0.984. The lowest BCUT2D eigenvalue weighted by atomic mass is 9.84. The summed E-state index contributed by atoms with van der Waals surface area (Å²) in [5, 5.41) is 12.3. The monoisotopic (exact) mass is 922 g/mol. The minimum Gasteiger partial charge on any atom is -0.309 e. The van der Waals surface area contributed by atoms with Crippen LogP contribution in [-0.4, -0.2) is 0 Å². The molecule has 2 heteroatoms. The van der Waals surface area contributed by atoms with E-state index in [0.717, 1.165) is 48.4 Å². The molecule has 0 saturated carbocycles. The number of fused-ring (bicyclic) bond motifs is 4. The Labute approximate surface area is 422 Å². The fourth-order valence-electron chi connectivity index (χ4n) is 11.9. The Morgan fingerprint density at radius 2 is 0.681 bits per heavy atom. The number of benzene rings is 12. The summed E-state index contributed by atoms with van der Waals surface area (Å²) < 4.78 is 0. The Morgan fingerprint density at radius 3 is 1.14 bits per heavy atom. The van der Waals surface area contributed by atoms with Crippen molar-refractivity contribution in [3.8, 4) is 22.3 Å². The predicted molar refractivity (Wildman–Crippen MR) is 311 cm³/mol. The molecule has 0 aliphatic heterocycles. The number of aryl methyl sites for hydroxylation is 2. The SMILES string of the molecule is C1=Cc2c(cccc2N(c2cccc3ccccc23)c2cc(-c3ccccc3)c3ccc4c(N(c5cccc6c5C=CCC6)c5cccc6ccccc56)cc(-c5ccccc5)c5ccc2c3c54)CC1.CC. The maximum absolute atomic E-state index is 2.58. The minimum atomic E-state index is 1.02. The molecule has 0 saturated heterocycles. The minimum absolute atomic E-state index is 1.02. The van der Waals surface area contributed by atoms with E-state index in [1.54, 1.807) is 0 Å². The van der Waals surface area contributed by atoms with E-state index in [9.17, 15) is 0 Å². The molecule has 0 heterocycles. The van der Waals surface area contributed by atoms with Gasteiger partial charge in [-0.15, -0.1) is 0 Å². The summed E-state index contributed by atoms with van der Waals surface area (Å²) in [4.78, 5) is 5.17. The van der Waals surface area contributed by atoms with Crippen molar-refractivity contribution in [3.05, 3.63) is 253 Å². The van der Waals surface area contributed by atoms with Crippen molar-refractivity contribution in [1.29, 1.82) is 0 Å². The Kier molecular flexibility index (Phi) is 11.0. The number of allylic oxidation sites excluding steroid dienone is 2. The quantitative estimate of drug-likeness (QED) is 0.140. The molecule has 72 heavy (non-hydrogen) atoms. The molecule has 2 aliphatic carbocycles. The van der Waals surface area contributed by atoms with Crippen LogP contribution >= 0.6 is 0 Å². The third kappa shape index (κ3) is 7.09. The summed E-state index contributed by atoms with van der Waals surface area (Å²) in [6.07, 6.45) is 13.6. The summed E-state index contributed by atoms with van der Waals surface area (Å²) >= 11 is 0. The molecule has 12 aromatic carbocycles. The van der Waals surface area contributed by atoms with Gasteiger partial charge in [0.1, 0.15) is 0 Å². The maximum Gasteiger partial charge on any atom is 0.0547 e. The molecule has 14 rings (SSSR count). The number of nitrogens with zero attached hydrogens (tertiary/aromatic N) is 2. The van der Waals surface area contributed by atoms with Crippen molar-refractivity contribution in [2.75, 3.05) is 9.80 Å². The standard InChI is InChI=1S/C68H48N2.C2H6/c1-3-19-49(20-4-1)59-43-65(69(61-35-15-27-45-23-7-11-31-51(45)61)62-36-16-28-46-24-8-12-32-52(46)62)57-42-40-56-60(50-21-5-2-6-22-50)44-66(58-41-39-55(59)67(57)68(56)58)70(63-37-17-29-47-25-9-13-33-53(47)63)64-38-18-30-48-26-10-14-34-54(48)64;1-2/h1-7,9,11-23,25,27-44H,8,10,24,26H2;1-2H3. The number of anilines is 6. The van der Waals surface area contributed by atoms with E-state index in [0.29, 0.717) is 0 Å². The normalized spacial score (nSPS) is 12.8. The lowest BCUT2D eigenvalue weighted by Crippen LogP contribution is -2.15. The molecule has 0 aromatic heterocycles. The van der Waals surface area contributed by atoms with Gasteiger partial charge in [0.25, 0.3) is 0 Å². The van der Waals surface area contributed by atoms with E-state index in [-0.39, 0.29) is 0 Å². The van der Waals surface area contributed by atoms with Crippen LogP contribution in [0.15, 0.2) is 231 Å². The van der Waals surface area contributed by atoms with E-state index in [4.69, 9.17) is 0 Å². The molecule has 0 amide bonds. The van der Waals surface area contributed by atoms with Crippen LogP contribution in [0.4, 0.5) is 34.1 Å². The van der Waals surface area contributed by atoms with Gasteiger partial charge in [-0.25, -0.2) is 0 Å². The van der Waals surface area contributed by atoms with Crippen molar-refractivity contribution >= 4 is 100 Å². The van der Waals surface area contributed by atoms with Crippen LogP contribution in [-0.2, 0) is 12.8 Å². The average molecular weight is 923 g/mol. The molecule has 0 atom stereocenters. The van der Waals surface area contributed by atoms with Gasteiger partial charge in [-0.3, -0.25) is 0 Å². The van der Waals surface area contributed by atoms with Gasteiger partial charge in [-0.2, -0.15) is 0 Å². The first-order valence-corrected chi connectivity index (χ1v) is 25.8. The van der Waals surface area contributed by atoms with E-state index < -0.39 is 0 Å². The van der Waals surface area contributed by atoms with Gasteiger partial charge in [-0.05, 0) is 117 Å². The van der Waals surface area contributed by atoms with Crippen LogP contribution < -0.4 is 9.80 Å². The van der Waals surface area contributed by atoms with Gasteiger partial charge in [-0.1, -0.05) is 220 Å². The molecule has 2 nitrogen and oxygen atoms in total. The first kappa shape index (κ1) is 43.3. The van der Waals surface area contributed by atoms with Crippen LogP contribution in [0.1, 0.15) is 48.9 Å². The predicted octanol–water partition coefficient (Wildman–Crippen LogP) is 20.1. The van der Waals surface area contributed by atoms with Crippen molar-refractivity contribution in [1.82, 2.24) is 0 Å². The molecule has 2 aliphatic rings. The van der Waals surface area contributed by atoms with Crippen LogP contribution in [0, 0.1) is 0 Å². The summed E-state index contributed by atoms with van der Waals surface area (Å²) in [6.45, 7) is 4.00. The zero-order chi connectivity index (χ0) is 48.1. The lowest BCUT2D eigenvalue weighted by Gasteiger charge is -2.33. The Bertz CT molecular complexity index is 3790. The average Bonchev–Trinajstić information content (AvgIpc) is 3.46. The molecule has 344 valence electrons. The largest absolute Gasteiger partial charge is 0.309 e. The fourth-order valence-corrected chi connectivity index (χ4v) is 11.9. The molecular formula is C70H54N2. The van der Waals surface area contributed by atoms with Gasteiger partial charge in [0, 0.05) is 43.4 Å². The zero-order valence-electron chi connectivity index (χ0n) is 40.8. The van der Waals surface area contributed by atoms with Crippen LogP contribution in [0.2, 0.25) is 0 Å². The second-order valence-corrected chi connectivity index (χ2v) is 18.9.